The molecule has 1 unspecified atom stereocenters. The van der Waals surface area contributed by atoms with Crippen LogP contribution >= 0.6 is 8.60 Å². The lowest BCUT2D eigenvalue weighted by atomic mass is 10.2. The van der Waals surface area contributed by atoms with Gasteiger partial charge in [0.25, 0.3) is 0 Å². The van der Waals surface area contributed by atoms with Crippen molar-refractivity contribution < 1.29 is 13.6 Å². The average molecular weight is 308 g/mol. The van der Waals surface area contributed by atoms with Crippen molar-refractivity contribution in [3.8, 4) is 0 Å². The SMILES string of the molecule is CCOP(OCc1ccccc1)O[C@@H](C)Cc1ncc[nH]1. The van der Waals surface area contributed by atoms with Gasteiger partial charge in [0.2, 0.25) is 0 Å². The van der Waals surface area contributed by atoms with Gasteiger partial charge < -0.3 is 18.6 Å². The summed E-state index contributed by atoms with van der Waals surface area (Å²) < 4.78 is 17.1. The van der Waals surface area contributed by atoms with Gasteiger partial charge in [0.05, 0.1) is 19.3 Å². The van der Waals surface area contributed by atoms with Gasteiger partial charge in [-0.2, -0.15) is 0 Å². The van der Waals surface area contributed by atoms with Gasteiger partial charge >= 0.3 is 8.60 Å². The van der Waals surface area contributed by atoms with Gasteiger partial charge in [0.1, 0.15) is 5.82 Å². The molecule has 0 spiro atoms. The van der Waals surface area contributed by atoms with E-state index in [1.54, 1.807) is 12.4 Å². The largest absolute Gasteiger partial charge is 0.349 e. The molecule has 0 amide bonds. The molecule has 2 atom stereocenters. The highest BCUT2D eigenvalue weighted by molar-refractivity contribution is 7.41. The number of hydrogen-bond acceptors (Lipinski definition) is 4. The van der Waals surface area contributed by atoms with E-state index in [1.807, 2.05) is 44.2 Å². The highest BCUT2D eigenvalue weighted by Crippen LogP contribution is 2.42. The third-order valence-corrected chi connectivity index (χ3v) is 4.06. The Bertz CT molecular complexity index is 493. The third kappa shape index (κ3) is 5.94. The molecule has 5 nitrogen and oxygen atoms in total. The van der Waals surface area contributed by atoms with E-state index in [-0.39, 0.29) is 6.10 Å². The molecule has 6 heteroatoms. The van der Waals surface area contributed by atoms with Crippen molar-refractivity contribution in [1.29, 1.82) is 0 Å². The van der Waals surface area contributed by atoms with Crippen LogP contribution < -0.4 is 0 Å². The van der Waals surface area contributed by atoms with Gasteiger partial charge in [-0.1, -0.05) is 30.3 Å². The summed E-state index contributed by atoms with van der Waals surface area (Å²) >= 11 is 0. The van der Waals surface area contributed by atoms with Gasteiger partial charge in [-0.15, -0.1) is 0 Å². The Morgan fingerprint density at radius 2 is 2.05 bits per heavy atom. The molecule has 2 rings (SSSR count). The molecule has 0 saturated heterocycles. The standard InChI is InChI=1S/C15H21N2O3P/c1-3-18-21(19-12-14-7-5-4-6-8-14)20-13(2)11-15-16-9-10-17-15/h4-10,13H,3,11-12H2,1-2H3,(H,16,17)/t13-,21?/m0/s1. The molecular formula is C15H21N2O3P. The van der Waals surface area contributed by atoms with Crippen molar-refractivity contribution in [2.75, 3.05) is 6.61 Å². The number of aromatic amines is 1. The Morgan fingerprint density at radius 3 is 2.71 bits per heavy atom. The molecule has 0 aliphatic carbocycles. The Kier molecular flexibility index (Phi) is 6.83. The number of H-pyrrole nitrogens is 1. The van der Waals surface area contributed by atoms with Crippen molar-refractivity contribution in [3.63, 3.8) is 0 Å². The second-order valence-electron chi connectivity index (χ2n) is 4.56. The van der Waals surface area contributed by atoms with Gasteiger partial charge in [0.15, 0.2) is 0 Å². The van der Waals surface area contributed by atoms with Crippen LogP contribution in [-0.2, 0) is 26.6 Å². The zero-order valence-corrected chi connectivity index (χ0v) is 13.3. The molecule has 0 saturated carbocycles. The summed E-state index contributed by atoms with van der Waals surface area (Å²) in [6, 6.07) is 10.00. The fraction of sp³-hybridized carbons (Fsp3) is 0.400. The summed E-state index contributed by atoms with van der Waals surface area (Å²) in [5.74, 6) is 0.900. The predicted molar refractivity (Wildman–Crippen MR) is 82.6 cm³/mol. The first-order valence-electron chi connectivity index (χ1n) is 7.03. The molecular weight excluding hydrogens is 287 g/mol. The minimum atomic E-state index is -1.35. The maximum atomic E-state index is 5.85. The minimum Gasteiger partial charge on any atom is -0.349 e. The van der Waals surface area contributed by atoms with E-state index in [0.29, 0.717) is 19.6 Å². The maximum Gasteiger partial charge on any atom is 0.333 e. The van der Waals surface area contributed by atoms with Gasteiger partial charge in [-0.25, -0.2) is 4.98 Å². The second kappa shape index (κ2) is 8.90. The number of nitrogens with one attached hydrogen (secondary N) is 1. The Labute approximate surface area is 126 Å². The topological polar surface area (TPSA) is 56.4 Å². The molecule has 1 heterocycles. The van der Waals surface area contributed by atoms with Crippen molar-refractivity contribution in [2.24, 2.45) is 0 Å². The number of nitrogens with zero attached hydrogens (tertiary/aromatic N) is 1. The maximum absolute atomic E-state index is 5.85. The number of aromatic nitrogens is 2. The smallest absolute Gasteiger partial charge is 0.333 e. The second-order valence-corrected chi connectivity index (χ2v) is 5.73. The van der Waals surface area contributed by atoms with E-state index in [0.717, 1.165) is 11.4 Å². The summed E-state index contributed by atoms with van der Waals surface area (Å²) in [6.45, 7) is 4.97. The molecule has 0 bridgehead atoms. The normalized spacial score (nSPS) is 14.0. The number of benzene rings is 1. The first-order valence-corrected chi connectivity index (χ1v) is 8.12. The van der Waals surface area contributed by atoms with Crippen LogP contribution in [0.1, 0.15) is 25.2 Å². The summed E-state index contributed by atoms with van der Waals surface area (Å²) in [6.07, 6.45) is 4.22. The van der Waals surface area contributed by atoms with Crippen molar-refractivity contribution >= 4 is 8.60 Å². The summed E-state index contributed by atoms with van der Waals surface area (Å²) in [4.78, 5) is 7.26. The van der Waals surface area contributed by atoms with Crippen molar-refractivity contribution in [1.82, 2.24) is 9.97 Å². The Hall–Kier alpha value is -1.26. The number of rotatable bonds is 9. The van der Waals surface area contributed by atoms with Crippen molar-refractivity contribution in [3.05, 3.63) is 54.1 Å². The summed E-state index contributed by atoms with van der Waals surface area (Å²) in [5.41, 5.74) is 1.10. The fourth-order valence-electron chi connectivity index (χ4n) is 1.77. The molecule has 1 aromatic carbocycles. The lowest BCUT2D eigenvalue weighted by molar-refractivity contribution is 0.124. The lowest BCUT2D eigenvalue weighted by Gasteiger charge is -2.19. The molecule has 0 aliphatic heterocycles. The van der Waals surface area contributed by atoms with Crippen LogP contribution in [0.15, 0.2) is 42.7 Å². The molecule has 0 radical (unpaired) electrons. The van der Waals surface area contributed by atoms with Crippen LogP contribution in [0.4, 0.5) is 0 Å². The zero-order chi connectivity index (χ0) is 14.9. The quantitative estimate of drug-likeness (QED) is 0.715. The molecule has 0 aliphatic rings. The summed E-state index contributed by atoms with van der Waals surface area (Å²) in [5, 5.41) is 0. The van der Waals surface area contributed by atoms with E-state index in [2.05, 4.69) is 9.97 Å². The average Bonchev–Trinajstić information content (AvgIpc) is 2.99. The molecule has 0 fully saturated rings. The highest BCUT2D eigenvalue weighted by atomic mass is 31.2. The van der Waals surface area contributed by atoms with E-state index >= 15 is 0 Å². The van der Waals surface area contributed by atoms with Crippen LogP contribution in [0.25, 0.3) is 0 Å². The van der Waals surface area contributed by atoms with Crippen LogP contribution in [0.2, 0.25) is 0 Å². The minimum absolute atomic E-state index is 0.0235. The van der Waals surface area contributed by atoms with Crippen LogP contribution in [0.5, 0.6) is 0 Å². The zero-order valence-electron chi connectivity index (χ0n) is 12.4. The monoisotopic (exact) mass is 308 g/mol. The molecule has 2 aromatic rings. The van der Waals surface area contributed by atoms with Crippen molar-refractivity contribution in [2.45, 2.75) is 33.0 Å². The van der Waals surface area contributed by atoms with E-state index < -0.39 is 8.60 Å². The van der Waals surface area contributed by atoms with E-state index in [1.165, 1.54) is 0 Å². The van der Waals surface area contributed by atoms with E-state index in [9.17, 15) is 0 Å². The van der Waals surface area contributed by atoms with Gasteiger partial charge in [0, 0.05) is 18.8 Å². The molecule has 1 N–H and O–H groups in total. The molecule has 1 aromatic heterocycles. The molecule has 114 valence electrons. The first kappa shape index (κ1) is 16.1. The molecule has 21 heavy (non-hydrogen) atoms. The van der Waals surface area contributed by atoms with Gasteiger partial charge in [-0.05, 0) is 19.4 Å². The van der Waals surface area contributed by atoms with Crippen LogP contribution in [0, 0.1) is 0 Å². The van der Waals surface area contributed by atoms with E-state index in [4.69, 9.17) is 13.6 Å². The lowest BCUT2D eigenvalue weighted by Crippen LogP contribution is -2.11. The van der Waals surface area contributed by atoms with Crippen LogP contribution in [0.3, 0.4) is 0 Å². The highest BCUT2D eigenvalue weighted by Gasteiger charge is 2.17. The Balaban J connectivity index is 1.80. The first-order chi connectivity index (χ1) is 10.3. The number of hydrogen-bond donors (Lipinski definition) is 1. The summed E-state index contributed by atoms with van der Waals surface area (Å²) in [7, 11) is -1.35. The third-order valence-electron chi connectivity index (χ3n) is 2.72. The van der Waals surface area contributed by atoms with Gasteiger partial charge in [-0.3, -0.25) is 0 Å². The number of imidazole rings is 1. The predicted octanol–water partition coefficient (Wildman–Crippen LogP) is 3.84. The fourth-order valence-corrected chi connectivity index (χ4v) is 2.80. The Morgan fingerprint density at radius 1 is 1.24 bits per heavy atom. The van der Waals surface area contributed by atoms with Crippen LogP contribution in [-0.4, -0.2) is 22.7 Å².